The molecule has 2 aromatic rings. The number of thioether (sulfide) groups is 1. The van der Waals surface area contributed by atoms with Crippen LogP contribution in [-0.4, -0.2) is 33.7 Å². The lowest BCUT2D eigenvalue weighted by molar-refractivity contribution is -0.156. The third-order valence-corrected chi connectivity index (χ3v) is 5.92. The smallest absolute Gasteiger partial charge is 0.328 e. The summed E-state index contributed by atoms with van der Waals surface area (Å²) in [5.74, 6) is 1.55. The minimum absolute atomic E-state index is 0.0350. The first kappa shape index (κ1) is 22.4. The monoisotopic (exact) mass is 415 g/mol. The van der Waals surface area contributed by atoms with Gasteiger partial charge in [0.05, 0.1) is 16.7 Å². The Morgan fingerprint density at radius 1 is 1.29 bits per heavy atom. The molecule has 3 N–H and O–H groups in total. The van der Waals surface area contributed by atoms with Crippen molar-refractivity contribution < 1.29 is 18.0 Å². The number of hydrogen-bond donors (Lipinski definition) is 2. The zero-order valence-electron chi connectivity index (χ0n) is 15.6. The average molecular weight is 415 g/mol. The summed E-state index contributed by atoms with van der Waals surface area (Å²) in [6, 6.07) is 6.10. The molecule has 1 saturated carbocycles. The highest BCUT2D eigenvalue weighted by atomic mass is 32.2. The fraction of sp³-hybridized carbons (Fsp3) is 0.526. The number of nitrogens with zero attached hydrogens (tertiary/aromatic N) is 1. The predicted octanol–water partition coefficient (Wildman–Crippen LogP) is 3.87. The minimum Gasteiger partial charge on any atom is -0.328 e. The summed E-state index contributed by atoms with van der Waals surface area (Å²) in [6.45, 7) is 2.00. The molecule has 2 atom stereocenters. The summed E-state index contributed by atoms with van der Waals surface area (Å²) in [7, 11) is 0. The summed E-state index contributed by atoms with van der Waals surface area (Å²) in [4.78, 5) is 28.5. The number of nitrogens with one attached hydrogen (secondary N) is 1. The molecule has 1 aromatic heterocycles. The molecule has 1 heterocycles. The van der Waals surface area contributed by atoms with Crippen molar-refractivity contribution in [3.63, 3.8) is 0 Å². The second-order valence-corrected chi connectivity index (χ2v) is 8.13. The fourth-order valence-corrected chi connectivity index (χ4v) is 4.25. The molecule has 0 bridgehead atoms. The fourth-order valence-electron chi connectivity index (χ4n) is 3.08. The van der Waals surface area contributed by atoms with Gasteiger partial charge >= 0.3 is 6.18 Å². The van der Waals surface area contributed by atoms with Crippen molar-refractivity contribution in [1.29, 1.82) is 0 Å². The van der Waals surface area contributed by atoms with E-state index in [4.69, 9.17) is 10.5 Å². The largest absolute Gasteiger partial charge is 0.446 e. The number of aromatic amines is 1. The van der Waals surface area contributed by atoms with Crippen molar-refractivity contribution >= 4 is 29.0 Å². The molecule has 0 spiro atoms. The molecule has 9 heteroatoms. The molecule has 3 rings (SSSR count). The van der Waals surface area contributed by atoms with E-state index in [-0.39, 0.29) is 5.56 Å². The Bertz CT molecular complexity index is 854. The predicted molar refractivity (Wildman–Crippen MR) is 105 cm³/mol. The van der Waals surface area contributed by atoms with Gasteiger partial charge in [-0.15, -0.1) is 0 Å². The number of fused-ring (bicyclic) bond motifs is 1. The van der Waals surface area contributed by atoms with Crippen molar-refractivity contribution in [3.8, 4) is 0 Å². The van der Waals surface area contributed by atoms with Crippen molar-refractivity contribution in [2.45, 2.75) is 62.2 Å². The Hall–Kier alpha value is -1.87. The van der Waals surface area contributed by atoms with E-state index >= 15 is 0 Å². The van der Waals surface area contributed by atoms with E-state index in [9.17, 15) is 18.0 Å². The van der Waals surface area contributed by atoms with Crippen molar-refractivity contribution in [2.24, 2.45) is 5.73 Å². The first-order valence-electron chi connectivity index (χ1n) is 9.08. The molecule has 0 amide bonds. The number of aryl methyl sites for hydroxylation is 1. The summed E-state index contributed by atoms with van der Waals surface area (Å²) < 4.78 is 31.2. The van der Waals surface area contributed by atoms with Gasteiger partial charge in [0, 0.05) is 11.3 Å². The topological polar surface area (TPSA) is 88.8 Å². The number of carbonyl (C=O) groups excluding carboxylic acids is 1. The van der Waals surface area contributed by atoms with Crippen LogP contribution in [0.3, 0.4) is 0 Å². The molecule has 5 nitrogen and oxygen atoms in total. The van der Waals surface area contributed by atoms with Crippen LogP contribution in [0.25, 0.3) is 10.9 Å². The molecule has 0 saturated heterocycles. The maximum atomic E-state index is 12.2. The van der Waals surface area contributed by atoms with Gasteiger partial charge in [0.1, 0.15) is 5.82 Å². The molecule has 0 aliphatic heterocycles. The highest BCUT2D eigenvalue weighted by Gasteiger charge is 2.24. The van der Waals surface area contributed by atoms with Gasteiger partial charge in [0.15, 0.2) is 0 Å². The minimum atomic E-state index is -4.64. The standard InChI is InChI=1S/C17H23N3OS.C2HF3O/c1-11-4-2-7-14-16(11)19-15(20-17(14)21)10-22-13-6-3-5-12(18)8-9-13;3-2(4,5)1-6/h2,4,7,12-13H,3,5-6,8-10,18H2,1H3,(H,19,20,21);1H. The summed E-state index contributed by atoms with van der Waals surface area (Å²) in [6.07, 6.45) is 0.143. The lowest BCUT2D eigenvalue weighted by Gasteiger charge is -2.13. The SMILES string of the molecule is Cc1cccc2c(=O)[nH]c(CSC3CCCC(N)CC3)nc12.O=CC(F)(F)F. The molecule has 1 aliphatic carbocycles. The summed E-state index contributed by atoms with van der Waals surface area (Å²) in [5.41, 5.74) is 7.87. The summed E-state index contributed by atoms with van der Waals surface area (Å²) >= 11 is 1.90. The van der Waals surface area contributed by atoms with Crippen molar-refractivity contribution in [1.82, 2.24) is 9.97 Å². The number of hydrogen-bond acceptors (Lipinski definition) is 5. The second kappa shape index (κ2) is 10.1. The number of aromatic nitrogens is 2. The molecule has 1 aliphatic rings. The van der Waals surface area contributed by atoms with Crippen molar-refractivity contribution in [3.05, 3.63) is 39.9 Å². The lowest BCUT2D eigenvalue weighted by Crippen LogP contribution is -2.18. The van der Waals surface area contributed by atoms with Gasteiger partial charge in [-0.05, 0) is 44.2 Å². The number of carbonyl (C=O) groups is 1. The van der Waals surface area contributed by atoms with Gasteiger partial charge in [-0.25, -0.2) is 4.98 Å². The van der Waals surface area contributed by atoms with E-state index in [1.165, 1.54) is 19.3 Å². The van der Waals surface area contributed by atoms with E-state index in [1.54, 1.807) is 0 Å². The number of alkyl halides is 3. The normalized spacial score (nSPS) is 20.2. The van der Waals surface area contributed by atoms with Gasteiger partial charge in [-0.1, -0.05) is 18.6 Å². The zero-order valence-corrected chi connectivity index (χ0v) is 16.4. The number of aldehydes is 1. The number of H-pyrrole nitrogens is 1. The maximum Gasteiger partial charge on any atom is 0.446 e. The highest BCUT2D eigenvalue weighted by Crippen LogP contribution is 2.28. The first-order chi connectivity index (χ1) is 13.2. The molecule has 154 valence electrons. The number of nitrogens with two attached hydrogens (primary N) is 1. The Balaban J connectivity index is 0.000000409. The molecule has 0 radical (unpaired) electrons. The number of rotatable bonds is 3. The molecule has 28 heavy (non-hydrogen) atoms. The van der Waals surface area contributed by atoms with Gasteiger partial charge in [0.25, 0.3) is 5.56 Å². The number of benzene rings is 1. The van der Waals surface area contributed by atoms with Crippen LogP contribution in [0.4, 0.5) is 13.2 Å². The molecule has 2 unspecified atom stereocenters. The molecular weight excluding hydrogens is 391 g/mol. The third-order valence-electron chi connectivity index (χ3n) is 4.54. The Morgan fingerprint density at radius 2 is 2.00 bits per heavy atom. The van der Waals surface area contributed by atoms with E-state index in [0.29, 0.717) is 16.7 Å². The van der Waals surface area contributed by atoms with Crippen LogP contribution in [-0.2, 0) is 10.5 Å². The third kappa shape index (κ3) is 6.94. The van der Waals surface area contributed by atoms with Crippen LogP contribution in [0.15, 0.2) is 23.0 Å². The van der Waals surface area contributed by atoms with Crippen LogP contribution >= 0.6 is 11.8 Å². The van der Waals surface area contributed by atoms with E-state index in [0.717, 1.165) is 35.5 Å². The van der Waals surface area contributed by atoms with Crippen LogP contribution in [0.1, 0.15) is 43.5 Å². The Labute approximate surface area is 165 Å². The van der Waals surface area contributed by atoms with Crippen LogP contribution in [0, 0.1) is 6.92 Å². The average Bonchev–Trinajstić information content (AvgIpc) is 2.85. The van der Waals surface area contributed by atoms with Gasteiger partial charge in [-0.2, -0.15) is 24.9 Å². The van der Waals surface area contributed by atoms with Gasteiger partial charge in [0.2, 0.25) is 6.29 Å². The Kier molecular flexibility index (Phi) is 8.06. The van der Waals surface area contributed by atoms with Crippen LogP contribution in [0.2, 0.25) is 0 Å². The van der Waals surface area contributed by atoms with E-state index in [2.05, 4.69) is 9.97 Å². The first-order valence-corrected chi connectivity index (χ1v) is 10.1. The number of halogens is 3. The molecule has 1 fully saturated rings. The van der Waals surface area contributed by atoms with E-state index < -0.39 is 12.5 Å². The number of para-hydroxylation sites is 1. The van der Waals surface area contributed by atoms with E-state index in [1.807, 2.05) is 36.9 Å². The second-order valence-electron chi connectivity index (χ2n) is 6.84. The quantitative estimate of drug-likeness (QED) is 0.587. The van der Waals surface area contributed by atoms with Crippen molar-refractivity contribution in [2.75, 3.05) is 0 Å². The summed E-state index contributed by atoms with van der Waals surface area (Å²) in [5, 5.41) is 1.31. The van der Waals surface area contributed by atoms with Gasteiger partial charge < -0.3 is 10.7 Å². The maximum absolute atomic E-state index is 12.2. The Morgan fingerprint density at radius 3 is 2.68 bits per heavy atom. The molecule has 1 aromatic carbocycles. The highest BCUT2D eigenvalue weighted by molar-refractivity contribution is 7.99. The van der Waals surface area contributed by atoms with Crippen LogP contribution < -0.4 is 11.3 Å². The lowest BCUT2D eigenvalue weighted by atomic mass is 10.1. The molecular formula is C19H24F3N3O2S. The van der Waals surface area contributed by atoms with Gasteiger partial charge in [-0.3, -0.25) is 9.59 Å². The van der Waals surface area contributed by atoms with Crippen LogP contribution in [0.5, 0.6) is 0 Å². The zero-order chi connectivity index (χ0) is 20.7.